The van der Waals surface area contributed by atoms with Crippen molar-refractivity contribution in [2.75, 3.05) is 0 Å². The lowest BCUT2D eigenvalue weighted by Crippen LogP contribution is -2.11. The summed E-state index contributed by atoms with van der Waals surface area (Å²) in [6.07, 6.45) is 3.23. The highest BCUT2D eigenvalue weighted by Crippen LogP contribution is 2.17. The van der Waals surface area contributed by atoms with E-state index in [0.717, 1.165) is 0 Å². The second kappa shape index (κ2) is 5.50. The fraction of sp³-hybridized carbons (Fsp3) is 0.0833. The van der Waals surface area contributed by atoms with Crippen LogP contribution in [0.15, 0.2) is 36.7 Å². The Bertz CT molecular complexity index is 563. The summed E-state index contributed by atoms with van der Waals surface area (Å²) >= 11 is 4.71. The van der Waals surface area contributed by atoms with E-state index in [0.29, 0.717) is 11.6 Å². The number of rotatable bonds is 4. The Hall–Kier alpha value is -2.08. The number of hydrogen-bond acceptors (Lipinski definition) is 4. The Morgan fingerprint density at radius 3 is 2.67 bits per heavy atom. The summed E-state index contributed by atoms with van der Waals surface area (Å²) in [7, 11) is 0. The average Bonchev–Trinajstić information content (AvgIpc) is 2.37. The summed E-state index contributed by atoms with van der Waals surface area (Å²) in [6.45, 7) is 0.173. The Morgan fingerprint density at radius 2 is 2.06 bits per heavy atom. The monoisotopic (exact) mass is 263 g/mol. The summed E-state index contributed by atoms with van der Waals surface area (Å²) in [4.78, 5) is 8.00. The number of nitrogens with zero attached hydrogens (tertiary/aromatic N) is 2. The Morgan fingerprint density at radius 1 is 1.33 bits per heavy atom. The molecule has 6 heteroatoms. The molecule has 18 heavy (non-hydrogen) atoms. The third-order valence-corrected chi connectivity index (χ3v) is 2.41. The Kier molecular flexibility index (Phi) is 3.78. The molecule has 0 aliphatic rings. The van der Waals surface area contributed by atoms with Gasteiger partial charge in [0.25, 0.3) is 0 Å². The second-order valence-corrected chi connectivity index (χ2v) is 3.90. The number of benzene rings is 1. The molecule has 0 aliphatic heterocycles. The molecule has 0 fully saturated rings. The number of nitrogens with two attached hydrogens (primary N) is 1. The maximum atomic E-state index is 13.5. The predicted molar refractivity (Wildman–Crippen MR) is 68.7 cm³/mol. The quantitative estimate of drug-likeness (QED) is 0.853. The van der Waals surface area contributed by atoms with Crippen molar-refractivity contribution in [3.8, 4) is 5.75 Å². The van der Waals surface area contributed by atoms with Crippen molar-refractivity contribution in [3.05, 3.63) is 53.9 Å². The number of ether oxygens (including phenoxy) is 1. The summed E-state index contributed by atoms with van der Waals surface area (Å²) in [5.74, 6) is 0.394. The van der Waals surface area contributed by atoms with Crippen LogP contribution < -0.4 is 10.5 Å². The molecule has 0 aliphatic carbocycles. The van der Waals surface area contributed by atoms with Gasteiger partial charge in [0.05, 0.1) is 0 Å². The van der Waals surface area contributed by atoms with Gasteiger partial charge in [0.2, 0.25) is 0 Å². The van der Waals surface area contributed by atoms with E-state index in [1.807, 2.05) is 0 Å². The molecule has 0 amide bonds. The molecule has 2 rings (SSSR count). The molecule has 0 bridgehead atoms. The maximum absolute atomic E-state index is 13.5. The van der Waals surface area contributed by atoms with Gasteiger partial charge in [-0.2, -0.15) is 0 Å². The van der Waals surface area contributed by atoms with E-state index in [1.165, 1.54) is 12.1 Å². The van der Waals surface area contributed by atoms with Crippen LogP contribution in [0, 0.1) is 5.82 Å². The van der Waals surface area contributed by atoms with Gasteiger partial charge in [0.15, 0.2) is 5.82 Å². The topological polar surface area (TPSA) is 61.0 Å². The van der Waals surface area contributed by atoms with E-state index < -0.39 is 5.82 Å². The molecule has 0 spiro atoms. The second-order valence-electron chi connectivity index (χ2n) is 3.46. The zero-order valence-electron chi connectivity index (χ0n) is 9.34. The van der Waals surface area contributed by atoms with Crippen LogP contribution in [0.1, 0.15) is 11.4 Å². The molecule has 0 radical (unpaired) electrons. The van der Waals surface area contributed by atoms with Crippen LogP contribution in [0.4, 0.5) is 4.39 Å². The highest BCUT2D eigenvalue weighted by molar-refractivity contribution is 7.80. The average molecular weight is 263 g/mol. The minimum atomic E-state index is -0.506. The number of hydrogen-bond donors (Lipinski definition) is 1. The number of aromatic nitrogens is 2. The van der Waals surface area contributed by atoms with Crippen molar-refractivity contribution >= 4 is 17.2 Å². The molecule has 0 unspecified atom stereocenters. The Labute approximate surface area is 109 Å². The minimum Gasteiger partial charge on any atom is -0.486 e. The van der Waals surface area contributed by atoms with Crippen LogP contribution in [0.2, 0.25) is 0 Å². The van der Waals surface area contributed by atoms with E-state index >= 15 is 0 Å². The van der Waals surface area contributed by atoms with Crippen LogP contribution in [0.25, 0.3) is 0 Å². The molecule has 2 aromatic rings. The fourth-order valence-electron chi connectivity index (χ4n) is 1.34. The largest absolute Gasteiger partial charge is 0.486 e. The molecular formula is C12H10FN3OS. The van der Waals surface area contributed by atoms with Crippen LogP contribution >= 0.6 is 12.2 Å². The fourth-order valence-corrected chi connectivity index (χ4v) is 1.50. The predicted octanol–water partition coefficient (Wildman–Crippen LogP) is 1.83. The molecule has 0 saturated carbocycles. The molecule has 1 heterocycles. The SMILES string of the molecule is NC(=S)c1ccc(OCc2ncccn2)cc1F. The zero-order valence-corrected chi connectivity index (χ0v) is 10.2. The normalized spacial score (nSPS) is 10.1. The summed E-state index contributed by atoms with van der Waals surface area (Å²) in [5, 5.41) is 0. The van der Waals surface area contributed by atoms with Gasteiger partial charge in [-0.05, 0) is 18.2 Å². The molecule has 1 aromatic heterocycles. The van der Waals surface area contributed by atoms with Crippen molar-refractivity contribution < 1.29 is 9.13 Å². The first-order valence-corrected chi connectivity index (χ1v) is 5.55. The molecule has 4 nitrogen and oxygen atoms in total. The molecule has 92 valence electrons. The number of thiocarbonyl (C=S) groups is 1. The van der Waals surface area contributed by atoms with E-state index in [-0.39, 0.29) is 17.2 Å². The minimum absolute atomic E-state index is 0.0189. The maximum Gasteiger partial charge on any atom is 0.166 e. The van der Waals surface area contributed by atoms with Crippen LogP contribution in [-0.2, 0) is 6.61 Å². The van der Waals surface area contributed by atoms with Crippen molar-refractivity contribution in [1.82, 2.24) is 9.97 Å². The van der Waals surface area contributed by atoms with E-state index in [4.69, 9.17) is 22.7 Å². The molecule has 2 N–H and O–H groups in total. The van der Waals surface area contributed by atoms with Crippen molar-refractivity contribution in [2.45, 2.75) is 6.61 Å². The van der Waals surface area contributed by atoms with Gasteiger partial charge in [-0.1, -0.05) is 12.2 Å². The summed E-state index contributed by atoms with van der Waals surface area (Å²) in [6, 6.07) is 6.02. The van der Waals surface area contributed by atoms with Gasteiger partial charge >= 0.3 is 0 Å². The first kappa shape index (κ1) is 12.4. The lowest BCUT2D eigenvalue weighted by Gasteiger charge is -2.07. The van der Waals surface area contributed by atoms with Crippen molar-refractivity contribution in [1.29, 1.82) is 0 Å². The van der Waals surface area contributed by atoms with E-state index in [9.17, 15) is 4.39 Å². The van der Waals surface area contributed by atoms with Crippen LogP contribution in [0.5, 0.6) is 5.75 Å². The lowest BCUT2D eigenvalue weighted by molar-refractivity contribution is 0.294. The van der Waals surface area contributed by atoms with Gasteiger partial charge in [-0.25, -0.2) is 14.4 Å². The van der Waals surface area contributed by atoms with Crippen LogP contribution in [0.3, 0.4) is 0 Å². The third-order valence-electron chi connectivity index (χ3n) is 2.19. The molecule has 0 atom stereocenters. The molecule has 1 aromatic carbocycles. The van der Waals surface area contributed by atoms with Gasteiger partial charge in [-0.3, -0.25) is 0 Å². The van der Waals surface area contributed by atoms with Crippen molar-refractivity contribution in [2.24, 2.45) is 5.73 Å². The van der Waals surface area contributed by atoms with Crippen molar-refractivity contribution in [3.63, 3.8) is 0 Å². The highest BCUT2D eigenvalue weighted by atomic mass is 32.1. The van der Waals surface area contributed by atoms with Gasteiger partial charge in [-0.15, -0.1) is 0 Å². The smallest absolute Gasteiger partial charge is 0.166 e. The lowest BCUT2D eigenvalue weighted by atomic mass is 10.2. The van der Waals surface area contributed by atoms with E-state index in [1.54, 1.807) is 24.5 Å². The van der Waals surface area contributed by atoms with Gasteiger partial charge in [0.1, 0.15) is 23.2 Å². The molecule has 0 saturated heterocycles. The van der Waals surface area contributed by atoms with Gasteiger partial charge < -0.3 is 10.5 Å². The summed E-state index contributed by atoms with van der Waals surface area (Å²) < 4.78 is 18.9. The molecular weight excluding hydrogens is 253 g/mol. The Balaban J connectivity index is 2.07. The first-order chi connectivity index (χ1) is 8.66. The van der Waals surface area contributed by atoms with Crippen LogP contribution in [-0.4, -0.2) is 15.0 Å². The van der Waals surface area contributed by atoms with E-state index in [2.05, 4.69) is 9.97 Å². The highest BCUT2D eigenvalue weighted by Gasteiger charge is 2.07. The van der Waals surface area contributed by atoms with Gasteiger partial charge in [0, 0.05) is 24.0 Å². The summed E-state index contributed by atoms with van der Waals surface area (Å²) in [5.41, 5.74) is 5.56. The number of halogens is 1. The standard InChI is InChI=1S/C12H10FN3OS/c13-10-6-8(2-3-9(10)12(14)18)17-7-11-15-4-1-5-16-11/h1-6H,7H2,(H2,14,18). The third kappa shape index (κ3) is 2.98. The zero-order chi connectivity index (χ0) is 13.0. The first-order valence-electron chi connectivity index (χ1n) is 5.15.